The van der Waals surface area contributed by atoms with Crippen molar-refractivity contribution >= 4 is 29.1 Å². The molecule has 100 valence electrons. The molecule has 0 radical (unpaired) electrons. The smallest absolute Gasteiger partial charge is 0.260 e. The molecule has 0 unspecified atom stereocenters. The monoisotopic (exact) mass is 291 g/mol. The lowest BCUT2D eigenvalue weighted by Crippen LogP contribution is -2.36. The first-order valence-corrected chi connectivity index (χ1v) is 6.30. The first-order chi connectivity index (χ1) is 8.58. The van der Waals surface area contributed by atoms with E-state index in [1.807, 2.05) is 6.92 Å². The predicted molar refractivity (Wildman–Crippen MR) is 71.3 cm³/mol. The zero-order chi connectivity index (χ0) is 13.5. The molecule has 0 heterocycles. The SMILES string of the molecule is CCN(CCO)C(=O)COc1ccc(Cl)c(Cl)c1. The Morgan fingerprint density at radius 2 is 2.11 bits per heavy atom. The molecule has 0 saturated carbocycles. The van der Waals surface area contributed by atoms with Crippen molar-refractivity contribution in [3.05, 3.63) is 28.2 Å². The van der Waals surface area contributed by atoms with Crippen LogP contribution in [0.4, 0.5) is 0 Å². The minimum absolute atomic E-state index is 0.0631. The van der Waals surface area contributed by atoms with E-state index in [-0.39, 0.29) is 19.1 Å². The highest BCUT2D eigenvalue weighted by molar-refractivity contribution is 6.42. The molecule has 1 rings (SSSR count). The van der Waals surface area contributed by atoms with Crippen molar-refractivity contribution in [3.8, 4) is 5.75 Å². The Morgan fingerprint density at radius 1 is 1.39 bits per heavy atom. The standard InChI is InChI=1S/C12H15Cl2NO3/c1-2-15(5-6-16)12(17)8-18-9-3-4-10(13)11(14)7-9/h3-4,7,16H,2,5-6,8H2,1H3. The summed E-state index contributed by atoms with van der Waals surface area (Å²) in [5.74, 6) is 0.301. The minimum atomic E-state index is -0.183. The summed E-state index contributed by atoms with van der Waals surface area (Å²) in [6.07, 6.45) is 0. The van der Waals surface area contributed by atoms with Crippen LogP contribution in [0.5, 0.6) is 5.75 Å². The summed E-state index contributed by atoms with van der Waals surface area (Å²) in [6, 6.07) is 4.80. The second kappa shape index (κ2) is 7.46. The number of hydrogen-bond donors (Lipinski definition) is 1. The summed E-state index contributed by atoms with van der Waals surface area (Å²) in [7, 11) is 0. The van der Waals surface area contributed by atoms with Crippen LogP contribution in [-0.4, -0.2) is 42.2 Å². The number of aliphatic hydroxyl groups is 1. The summed E-state index contributed by atoms with van der Waals surface area (Å²) < 4.78 is 5.32. The quantitative estimate of drug-likeness (QED) is 0.874. The van der Waals surface area contributed by atoms with Crippen LogP contribution >= 0.6 is 23.2 Å². The van der Waals surface area contributed by atoms with E-state index in [9.17, 15) is 4.79 Å². The van der Waals surface area contributed by atoms with Gasteiger partial charge in [-0.2, -0.15) is 0 Å². The highest BCUT2D eigenvalue weighted by Gasteiger charge is 2.11. The highest BCUT2D eigenvalue weighted by Crippen LogP contribution is 2.26. The lowest BCUT2D eigenvalue weighted by molar-refractivity contribution is -0.133. The number of benzene rings is 1. The van der Waals surface area contributed by atoms with Crippen LogP contribution in [0.3, 0.4) is 0 Å². The molecule has 1 amide bonds. The zero-order valence-corrected chi connectivity index (χ0v) is 11.5. The van der Waals surface area contributed by atoms with E-state index in [2.05, 4.69) is 0 Å². The van der Waals surface area contributed by atoms with E-state index in [4.69, 9.17) is 33.0 Å². The van der Waals surface area contributed by atoms with E-state index in [1.54, 1.807) is 18.2 Å². The van der Waals surface area contributed by atoms with Crippen molar-refractivity contribution in [2.24, 2.45) is 0 Å². The van der Waals surface area contributed by atoms with Crippen molar-refractivity contribution < 1.29 is 14.6 Å². The van der Waals surface area contributed by atoms with Gasteiger partial charge in [0.1, 0.15) is 5.75 Å². The number of carbonyl (C=O) groups is 1. The molecule has 0 saturated heterocycles. The molecular formula is C12H15Cl2NO3. The molecule has 0 spiro atoms. The fraction of sp³-hybridized carbons (Fsp3) is 0.417. The van der Waals surface area contributed by atoms with Crippen molar-refractivity contribution in [3.63, 3.8) is 0 Å². The fourth-order valence-electron chi connectivity index (χ4n) is 1.38. The first kappa shape index (κ1) is 15.1. The number of amides is 1. The van der Waals surface area contributed by atoms with Crippen LogP contribution < -0.4 is 4.74 Å². The van der Waals surface area contributed by atoms with Crippen LogP contribution in [0.1, 0.15) is 6.92 Å². The highest BCUT2D eigenvalue weighted by atomic mass is 35.5. The first-order valence-electron chi connectivity index (χ1n) is 5.55. The predicted octanol–water partition coefficient (Wildman–Crippen LogP) is 2.21. The molecule has 0 aliphatic rings. The minimum Gasteiger partial charge on any atom is -0.484 e. The number of nitrogens with zero attached hydrogens (tertiary/aromatic N) is 1. The molecule has 6 heteroatoms. The molecule has 1 aromatic rings. The maximum atomic E-state index is 11.7. The Bertz CT molecular complexity index is 412. The van der Waals surface area contributed by atoms with Gasteiger partial charge in [-0.3, -0.25) is 4.79 Å². The Morgan fingerprint density at radius 3 is 2.67 bits per heavy atom. The van der Waals surface area contributed by atoms with Gasteiger partial charge in [-0.15, -0.1) is 0 Å². The maximum Gasteiger partial charge on any atom is 0.260 e. The third-order valence-corrected chi connectivity index (χ3v) is 3.10. The van der Waals surface area contributed by atoms with Crippen LogP contribution in [0.25, 0.3) is 0 Å². The lowest BCUT2D eigenvalue weighted by Gasteiger charge is -2.19. The van der Waals surface area contributed by atoms with E-state index in [0.717, 1.165) is 0 Å². The molecule has 4 nitrogen and oxygen atoms in total. The molecule has 0 bridgehead atoms. The molecule has 0 atom stereocenters. The lowest BCUT2D eigenvalue weighted by atomic mass is 10.3. The largest absolute Gasteiger partial charge is 0.484 e. The molecule has 0 fully saturated rings. The average Bonchev–Trinajstić information content (AvgIpc) is 2.37. The topological polar surface area (TPSA) is 49.8 Å². The number of aliphatic hydroxyl groups excluding tert-OH is 1. The Kier molecular flexibility index (Phi) is 6.25. The summed E-state index contributed by atoms with van der Waals surface area (Å²) in [6.45, 7) is 2.52. The van der Waals surface area contributed by atoms with E-state index in [1.165, 1.54) is 4.90 Å². The van der Waals surface area contributed by atoms with E-state index in [0.29, 0.717) is 28.9 Å². The number of likely N-dealkylation sites (N-methyl/N-ethyl adjacent to an activating group) is 1. The van der Waals surface area contributed by atoms with Crippen LogP contribution in [0.2, 0.25) is 10.0 Å². The molecular weight excluding hydrogens is 277 g/mol. The van der Waals surface area contributed by atoms with Gasteiger partial charge in [-0.25, -0.2) is 0 Å². The van der Waals surface area contributed by atoms with Crippen molar-refractivity contribution in [1.29, 1.82) is 0 Å². The second-order valence-corrected chi connectivity index (χ2v) is 4.38. The van der Waals surface area contributed by atoms with Gasteiger partial charge in [-0.05, 0) is 19.1 Å². The normalized spacial score (nSPS) is 10.2. The second-order valence-electron chi connectivity index (χ2n) is 3.56. The molecule has 0 aromatic heterocycles. The molecule has 1 N–H and O–H groups in total. The number of ether oxygens (including phenoxy) is 1. The van der Waals surface area contributed by atoms with Crippen LogP contribution in [-0.2, 0) is 4.79 Å². The van der Waals surface area contributed by atoms with E-state index >= 15 is 0 Å². The summed E-state index contributed by atoms with van der Waals surface area (Å²) in [5.41, 5.74) is 0. The van der Waals surface area contributed by atoms with Gasteiger partial charge in [0.25, 0.3) is 5.91 Å². The van der Waals surface area contributed by atoms with Crippen molar-refractivity contribution in [2.45, 2.75) is 6.92 Å². The average molecular weight is 292 g/mol. The number of carbonyl (C=O) groups excluding carboxylic acids is 1. The van der Waals surface area contributed by atoms with Gasteiger partial charge in [0.05, 0.1) is 16.7 Å². The van der Waals surface area contributed by atoms with Gasteiger partial charge in [0.15, 0.2) is 6.61 Å². The van der Waals surface area contributed by atoms with Crippen molar-refractivity contribution in [2.75, 3.05) is 26.3 Å². The molecule has 0 aliphatic carbocycles. The summed E-state index contributed by atoms with van der Waals surface area (Å²) >= 11 is 11.6. The number of hydrogen-bond acceptors (Lipinski definition) is 3. The third-order valence-electron chi connectivity index (χ3n) is 2.36. The zero-order valence-electron chi connectivity index (χ0n) is 10.0. The van der Waals surface area contributed by atoms with Gasteiger partial charge < -0.3 is 14.7 Å². The third kappa shape index (κ3) is 4.37. The van der Waals surface area contributed by atoms with Crippen LogP contribution in [0, 0.1) is 0 Å². The van der Waals surface area contributed by atoms with Gasteiger partial charge in [0, 0.05) is 19.2 Å². The molecule has 0 aliphatic heterocycles. The van der Waals surface area contributed by atoms with E-state index < -0.39 is 0 Å². The van der Waals surface area contributed by atoms with Gasteiger partial charge in [-0.1, -0.05) is 23.2 Å². The van der Waals surface area contributed by atoms with Gasteiger partial charge in [0.2, 0.25) is 0 Å². The number of halogens is 2. The summed E-state index contributed by atoms with van der Waals surface area (Å²) in [4.78, 5) is 13.2. The van der Waals surface area contributed by atoms with Crippen molar-refractivity contribution in [1.82, 2.24) is 4.90 Å². The fourth-order valence-corrected chi connectivity index (χ4v) is 1.67. The number of rotatable bonds is 6. The van der Waals surface area contributed by atoms with Crippen LogP contribution in [0.15, 0.2) is 18.2 Å². The Balaban J connectivity index is 2.53. The summed E-state index contributed by atoms with van der Waals surface area (Å²) in [5, 5.41) is 9.62. The molecule has 1 aromatic carbocycles. The Hall–Kier alpha value is -0.970. The molecule has 18 heavy (non-hydrogen) atoms. The maximum absolute atomic E-state index is 11.7. The van der Waals surface area contributed by atoms with Gasteiger partial charge >= 0.3 is 0 Å². The Labute approximate surface area is 116 Å².